The molecule has 0 saturated carbocycles. The van der Waals surface area contributed by atoms with Crippen molar-refractivity contribution in [1.82, 2.24) is 25.2 Å². The first-order valence-corrected chi connectivity index (χ1v) is 8.29. The minimum Gasteiger partial charge on any atom is -0.360 e. The number of carbonyl (C=O) groups is 1. The molecule has 1 saturated heterocycles. The fourth-order valence-corrected chi connectivity index (χ4v) is 3.08. The van der Waals surface area contributed by atoms with Gasteiger partial charge in [0.05, 0.1) is 5.69 Å². The first kappa shape index (κ1) is 15.7. The number of piperidine rings is 1. The zero-order valence-corrected chi connectivity index (χ0v) is 13.9. The van der Waals surface area contributed by atoms with Gasteiger partial charge in [0, 0.05) is 31.8 Å². The standard InChI is InChI=1S/C16H23N5O2/c1-4-12-14(10(3)20-23-12)16(22)21-8-6-11(7-9-21)15-17-13(5-2)18-19-15/h11H,4-9H2,1-3H3,(H,17,18,19). The lowest BCUT2D eigenvalue weighted by Gasteiger charge is -2.30. The Morgan fingerprint density at radius 1 is 1.30 bits per heavy atom. The van der Waals surface area contributed by atoms with Crippen molar-refractivity contribution in [3.63, 3.8) is 0 Å². The van der Waals surface area contributed by atoms with E-state index in [1.165, 1.54) is 0 Å². The van der Waals surface area contributed by atoms with Crippen LogP contribution in [-0.4, -0.2) is 44.2 Å². The Labute approximate surface area is 135 Å². The van der Waals surface area contributed by atoms with Crippen LogP contribution >= 0.6 is 0 Å². The molecule has 1 aliphatic rings. The first-order chi connectivity index (χ1) is 11.1. The van der Waals surface area contributed by atoms with Crippen LogP contribution in [0.25, 0.3) is 0 Å². The number of aryl methyl sites for hydroxylation is 3. The van der Waals surface area contributed by atoms with E-state index >= 15 is 0 Å². The predicted octanol–water partition coefficient (Wildman–Crippen LogP) is 2.25. The van der Waals surface area contributed by atoms with E-state index in [2.05, 4.69) is 27.3 Å². The van der Waals surface area contributed by atoms with E-state index in [1.807, 2.05) is 18.7 Å². The second-order valence-corrected chi connectivity index (χ2v) is 5.98. The molecule has 3 heterocycles. The molecular weight excluding hydrogens is 294 g/mol. The maximum Gasteiger partial charge on any atom is 0.259 e. The van der Waals surface area contributed by atoms with Crippen molar-refractivity contribution in [2.45, 2.75) is 52.4 Å². The van der Waals surface area contributed by atoms with Gasteiger partial charge in [0.1, 0.15) is 17.1 Å². The molecule has 0 spiro atoms. The Morgan fingerprint density at radius 2 is 2.04 bits per heavy atom. The van der Waals surface area contributed by atoms with Crippen molar-refractivity contribution in [3.8, 4) is 0 Å². The van der Waals surface area contributed by atoms with Crippen LogP contribution in [0, 0.1) is 6.92 Å². The van der Waals surface area contributed by atoms with E-state index in [9.17, 15) is 4.79 Å². The lowest BCUT2D eigenvalue weighted by atomic mass is 9.95. The summed E-state index contributed by atoms with van der Waals surface area (Å²) in [6.45, 7) is 7.28. The molecule has 0 aliphatic carbocycles. The van der Waals surface area contributed by atoms with Gasteiger partial charge in [-0.05, 0) is 19.8 Å². The van der Waals surface area contributed by atoms with E-state index in [0.717, 1.165) is 30.9 Å². The third kappa shape index (κ3) is 3.00. The average Bonchev–Trinajstić information content (AvgIpc) is 3.20. The van der Waals surface area contributed by atoms with Gasteiger partial charge in [-0.25, -0.2) is 4.98 Å². The number of H-pyrrole nitrogens is 1. The van der Waals surface area contributed by atoms with Gasteiger partial charge in [-0.15, -0.1) is 0 Å². The molecule has 1 amide bonds. The summed E-state index contributed by atoms with van der Waals surface area (Å²) in [7, 11) is 0. The molecule has 7 heteroatoms. The second kappa shape index (κ2) is 6.52. The summed E-state index contributed by atoms with van der Waals surface area (Å²) in [5.41, 5.74) is 1.31. The molecule has 7 nitrogen and oxygen atoms in total. The normalized spacial score (nSPS) is 16.0. The van der Waals surface area contributed by atoms with Gasteiger partial charge in [-0.2, -0.15) is 5.10 Å². The molecule has 2 aromatic rings. The molecule has 0 aromatic carbocycles. The van der Waals surface area contributed by atoms with Crippen molar-refractivity contribution < 1.29 is 9.32 Å². The van der Waals surface area contributed by atoms with Gasteiger partial charge in [-0.3, -0.25) is 9.89 Å². The van der Waals surface area contributed by atoms with Crippen LogP contribution < -0.4 is 0 Å². The van der Waals surface area contributed by atoms with E-state index < -0.39 is 0 Å². The summed E-state index contributed by atoms with van der Waals surface area (Å²) in [6.07, 6.45) is 3.31. The maximum absolute atomic E-state index is 12.7. The number of amides is 1. The van der Waals surface area contributed by atoms with Crippen LogP contribution in [0.2, 0.25) is 0 Å². The minimum atomic E-state index is 0.0308. The topological polar surface area (TPSA) is 87.9 Å². The highest BCUT2D eigenvalue weighted by atomic mass is 16.5. The lowest BCUT2D eigenvalue weighted by Crippen LogP contribution is -2.38. The number of aromatic nitrogens is 4. The molecule has 23 heavy (non-hydrogen) atoms. The molecule has 124 valence electrons. The number of likely N-dealkylation sites (tertiary alicyclic amines) is 1. The monoisotopic (exact) mass is 317 g/mol. The summed E-state index contributed by atoms with van der Waals surface area (Å²) >= 11 is 0. The SMILES string of the molecule is CCc1nc(C2CCN(C(=O)c3c(C)noc3CC)CC2)n[nH]1. The third-order valence-electron chi connectivity index (χ3n) is 4.50. The Balaban J connectivity index is 1.66. The first-order valence-electron chi connectivity index (χ1n) is 8.29. The van der Waals surface area contributed by atoms with Gasteiger partial charge in [0.25, 0.3) is 5.91 Å². The number of hydrogen-bond donors (Lipinski definition) is 1. The number of rotatable bonds is 4. The fraction of sp³-hybridized carbons (Fsp3) is 0.625. The zero-order chi connectivity index (χ0) is 16.4. The zero-order valence-electron chi connectivity index (χ0n) is 13.9. The Hall–Kier alpha value is -2.18. The largest absolute Gasteiger partial charge is 0.360 e. The molecule has 3 rings (SSSR count). The molecule has 0 radical (unpaired) electrons. The molecule has 2 aromatic heterocycles. The smallest absolute Gasteiger partial charge is 0.259 e. The van der Waals surface area contributed by atoms with Crippen molar-refractivity contribution in [2.24, 2.45) is 0 Å². The number of hydrogen-bond acceptors (Lipinski definition) is 5. The van der Waals surface area contributed by atoms with E-state index in [-0.39, 0.29) is 5.91 Å². The lowest BCUT2D eigenvalue weighted by molar-refractivity contribution is 0.0708. The molecule has 1 N–H and O–H groups in total. The van der Waals surface area contributed by atoms with Gasteiger partial charge < -0.3 is 9.42 Å². The minimum absolute atomic E-state index is 0.0308. The van der Waals surface area contributed by atoms with Crippen molar-refractivity contribution in [1.29, 1.82) is 0 Å². The van der Waals surface area contributed by atoms with Gasteiger partial charge >= 0.3 is 0 Å². The molecule has 0 atom stereocenters. The summed E-state index contributed by atoms with van der Waals surface area (Å²) < 4.78 is 5.24. The number of nitrogens with zero attached hydrogens (tertiary/aromatic N) is 4. The van der Waals surface area contributed by atoms with Crippen LogP contribution in [0.3, 0.4) is 0 Å². The van der Waals surface area contributed by atoms with Crippen LogP contribution in [0.4, 0.5) is 0 Å². The summed E-state index contributed by atoms with van der Waals surface area (Å²) in [5, 5.41) is 11.2. The number of nitrogens with one attached hydrogen (secondary N) is 1. The van der Waals surface area contributed by atoms with Crippen LogP contribution in [-0.2, 0) is 12.8 Å². The second-order valence-electron chi connectivity index (χ2n) is 5.98. The van der Waals surface area contributed by atoms with Crippen molar-refractivity contribution in [3.05, 3.63) is 28.7 Å². The van der Waals surface area contributed by atoms with E-state index in [4.69, 9.17) is 4.52 Å². The van der Waals surface area contributed by atoms with Crippen molar-refractivity contribution in [2.75, 3.05) is 13.1 Å². The highest BCUT2D eigenvalue weighted by molar-refractivity contribution is 5.96. The van der Waals surface area contributed by atoms with Gasteiger partial charge in [0.15, 0.2) is 5.82 Å². The highest BCUT2D eigenvalue weighted by Gasteiger charge is 2.30. The summed E-state index contributed by atoms with van der Waals surface area (Å²) in [6, 6.07) is 0. The van der Waals surface area contributed by atoms with Crippen LogP contribution in [0.15, 0.2) is 4.52 Å². The quantitative estimate of drug-likeness (QED) is 0.934. The molecule has 1 fully saturated rings. The Bertz CT molecular complexity index is 682. The van der Waals surface area contributed by atoms with E-state index in [1.54, 1.807) is 0 Å². The van der Waals surface area contributed by atoms with Gasteiger partial charge in [-0.1, -0.05) is 19.0 Å². The van der Waals surface area contributed by atoms with Crippen molar-refractivity contribution >= 4 is 5.91 Å². The average molecular weight is 317 g/mol. The predicted molar refractivity (Wildman–Crippen MR) is 84.3 cm³/mol. The molecule has 1 aliphatic heterocycles. The highest BCUT2D eigenvalue weighted by Crippen LogP contribution is 2.27. The molecule has 0 bridgehead atoms. The number of aromatic amines is 1. The number of carbonyl (C=O) groups excluding carboxylic acids is 1. The Kier molecular flexibility index (Phi) is 4.45. The van der Waals surface area contributed by atoms with Crippen LogP contribution in [0.5, 0.6) is 0 Å². The fourth-order valence-electron chi connectivity index (χ4n) is 3.08. The van der Waals surface area contributed by atoms with Crippen LogP contribution in [0.1, 0.15) is 66.1 Å². The molecular formula is C16H23N5O2. The van der Waals surface area contributed by atoms with E-state index in [0.29, 0.717) is 42.4 Å². The summed E-state index contributed by atoms with van der Waals surface area (Å²) in [5.74, 6) is 2.83. The maximum atomic E-state index is 12.7. The third-order valence-corrected chi connectivity index (χ3v) is 4.50. The summed E-state index contributed by atoms with van der Waals surface area (Å²) in [4.78, 5) is 19.2. The Morgan fingerprint density at radius 3 is 2.65 bits per heavy atom. The molecule has 0 unspecified atom stereocenters. The van der Waals surface area contributed by atoms with Gasteiger partial charge in [0.2, 0.25) is 0 Å².